The Kier molecular flexibility index (Phi) is 6.57. The molecule has 0 aromatic heterocycles. The molecule has 162 valence electrons. The largest absolute Gasteiger partial charge is 0.366 e. The Balaban J connectivity index is 1.85. The predicted octanol–water partition coefficient (Wildman–Crippen LogP) is 3.09. The number of nitro groups is 1. The fraction of sp³-hybridized carbons (Fsp3) is 0.400. The minimum atomic E-state index is -3.79. The van der Waals surface area contributed by atoms with Gasteiger partial charge in [0.1, 0.15) is 11.5 Å². The van der Waals surface area contributed by atoms with Gasteiger partial charge >= 0.3 is 0 Å². The zero-order valence-corrected chi connectivity index (χ0v) is 17.8. The van der Waals surface area contributed by atoms with Gasteiger partial charge in [-0.05, 0) is 24.3 Å². The monoisotopic (exact) mass is 436 g/mol. The highest BCUT2D eigenvalue weighted by Gasteiger charge is 2.29. The van der Waals surface area contributed by atoms with Crippen LogP contribution >= 0.6 is 0 Å². The van der Waals surface area contributed by atoms with Crippen LogP contribution in [0.1, 0.15) is 13.8 Å². The maximum atomic E-state index is 14.0. The smallest absolute Gasteiger partial charge is 0.293 e. The standard InChI is InChI=1S/C20H25FN4O4S/c1-3-24(4-2)30(28,29)16-9-10-19(20(15-16)25(26)27)23-13-11-22(12-14-23)18-8-6-5-7-17(18)21/h5-10,15H,3-4,11-14H2,1-2H3. The molecule has 1 aliphatic rings. The number of piperazine rings is 1. The van der Waals surface area contributed by atoms with E-state index in [4.69, 9.17) is 0 Å². The maximum Gasteiger partial charge on any atom is 0.293 e. The number of sulfonamides is 1. The lowest BCUT2D eigenvalue weighted by Gasteiger charge is -2.37. The summed E-state index contributed by atoms with van der Waals surface area (Å²) >= 11 is 0. The lowest BCUT2D eigenvalue weighted by Crippen LogP contribution is -2.47. The number of para-hydroxylation sites is 1. The van der Waals surface area contributed by atoms with Gasteiger partial charge in [-0.3, -0.25) is 10.1 Å². The summed E-state index contributed by atoms with van der Waals surface area (Å²) in [5, 5.41) is 11.7. The Morgan fingerprint density at radius 3 is 2.10 bits per heavy atom. The molecule has 0 amide bonds. The average molecular weight is 437 g/mol. The lowest BCUT2D eigenvalue weighted by molar-refractivity contribution is -0.384. The first-order valence-electron chi connectivity index (χ1n) is 9.82. The zero-order chi connectivity index (χ0) is 21.9. The van der Waals surface area contributed by atoms with E-state index in [1.165, 1.54) is 22.5 Å². The molecule has 0 atom stereocenters. The van der Waals surface area contributed by atoms with Crippen LogP contribution in [0.15, 0.2) is 47.4 Å². The van der Waals surface area contributed by atoms with Crippen molar-refractivity contribution in [1.82, 2.24) is 4.31 Å². The Morgan fingerprint density at radius 2 is 1.57 bits per heavy atom. The number of hydrogen-bond acceptors (Lipinski definition) is 6. The van der Waals surface area contributed by atoms with Crippen LogP contribution in [0, 0.1) is 15.9 Å². The van der Waals surface area contributed by atoms with Crippen molar-refractivity contribution < 1.29 is 17.7 Å². The first-order valence-corrected chi connectivity index (χ1v) is 11.3. The molecule has 0 bridgehead atoms. The molecule has 0 aliphatic carbocycles. The van der Waals surface area contributed by atoms with Gasteiger partial charge in [-0.25, -0.2) is 12.8 Å². The van der Waals surface area contributed by atoms with E-state index < -0.39 is 14.9 Å². The molecule has 8 nitrogen and oxygen atoms in total. The van der Waals surface area contributed by atoms with Gasteiger partial charge in [-0.2, -0.15) is 4.31 Å². The van der Waals surface area contributed by atoms with Gasteiger partial charge in [0.05, 0.1) is 15.5 Å². The first-order chi connectivity index (χ1) is 14.3. The molecule has 0 spiro atoms. The Bertz CT molecular complexity index is 1020. The molecule has 30 heavy (non-hydrogen) atoms. The minimum Gasteiger partial charge on any atom is -0.366 e. The summed E-state index contributed by atoms with van der Waals surface area (Å²) in [6, 6.07) is 10.6. The van der Waals surface area contributed by atoms with Gasteiger partial charge in [-0.1, -0.05) is 26.0 Å². The van der Waals surface area contributed by atoms with Crippen molar-refractivity contribution >= 4 is 27.1 Å². The summed E-state index contributed by atoms with van der Waals surface area (Å²) in [7, 11) is -3.79. The molecular weight excluding hydrogens is 411 g/mol. The van der Waals surface area contributed by atoms with E-state index in [1.54, 1.807) is 32.0 Å². The SMILES string of the molecule is CCN(CC)S(=O)(=O)c1ccc(N2CCN(c3ccccc3F)CC2)c([N+](=O)[O-])c1. The summed E-state index contributed by atoms with van der Waals surface area (Å²) in [5.74, 6) is -0.303. The number of hydrogen-bond donors (Lipinski definition) is 0. The highest BCUT2D eigenvalue weighted by atomic mass is 32.2. The van der Waals surface area contributed by atoms with E-state index >= 15 is 0 Å². The van der Waals surface area contributed by atoms with Gasteiger partial charge in [0.15, 0.2) is 0 Å². The van der Waals surface area contributed by atoms with Gasteiger partial charge in [0, 0.05) is 45.3 Å². The van der Waals surface area contributed by atoms with Crippen LogP contribution in [-0.2, 0) is 10.0 Å². The Labute approximate surface area is 175 Å². The number of benzene rings is 2. The molecule has 2 aromatic rings. The normalized spacial score (nSPS) is 14.9. The first kappa shape index (κ1) is 22.0. The van der Waals surface area contributed by atoms with E-state index in [-0.39, 0.29) is 29.5 Å². The third-order valence-corrected chi connectivity index (χ3v) is 7.35. The van der Waals surface area contributed by atoms with Gasteiger partial charge in [0.2, 0.25) is 10.0 Å². The third kappa shape index (κ3) is 4.24. The number of anilines is 2. The van der Waals surface area contributed by atoms with Crippen LogP contribution in [0.4, 0.5) is 21.5 Å². The quantitative estimate of drug-likeness (QED) is 0.490. The second kappa shape index (κ2) is 8.97. The van der Waals surface area contributed by atoms with E-state index in [0.717, 1.165) is 6.07 Å². The van der Waals surface area contributed by atoms with Crippen molar-refractivity contribution in [1.29, 1.82) is 0 Å². The van der Waals surface area contributed by atoms with E-state index in [1.807, 2.05) is 9.80 Å². The van der Waals surface area contributed by atoms with Gasteiger partial charge < -0.3 is 9.80 Å². The number of nitrogens with zero attached hydrogens (tertiary/aromatic N) is 4. The van der Waals surface area contributed by atoms with E-state index in [2.05, 4.69) is 0 Å². The van der Waals surface area contributed by atoms with Crippen molar-refractivity contribution in [2.24, 2.45) is 0 Å². The summed E-state index contributed by atoms with van der Waals surface area (Å²) < 4.78 is 40.8. The van der Waals surface area contributed by atoms with Crippen LogP contribution in [0.3, 0.4) is 0 Å². The molecule has 1 heterocycles. The molecule has 1 fully saturated rings. The highest BCUT2D eigenvalue weighted by molar-refractivity contribution is 7.89. The summed E-state index contributed by atoms with van der Waals surface area (Å²) in [4.78, 5) is 14.8. The summed E-state index contributed by atoms with van der Waals surface area (Å²) in [6.45, 7) is 5.92. The second-order valence-electron chi connectivity index (χ2n) is 6.92. The minimum absolute atomic E-state index is 0.0911. The Morgan fingerprint density at radius 1 is 1.00 bits per heavy atom. The summed E-state index contributed by atoms with van der Waals surface area (Å²) in [5.41, 5.74) is 0.626. The average Bonchev–Trinajstić information content (AvgIpc) is 2.74. The molecule has 2 aromatic carbocycles. The van der Waals surface area contributed by atoms with Gasteiger partial charge in [0.25, 0.3) is 5.69 Å². The topological polar surface area (TPSA) is 87.0 Å². The predicted molar refractivity (Wildman–Crippen MR) is 114 cm³/mol. The molecule has 0 saturated carbocycles. The number of nitro benzene ring substituents is 1. The Hall–Kier alpha value is -2.72. The van der Waals surface area contributed by atoms with Crippen LogP contribution in [0.5, 0.6) is 0 Å². The van der Waals surface area contributed by atoms with Crippen LogP contribution < -0.4 is 9.80 Å². The highest BCUT2D eigenvalue weighted by Crippen LogP contribution is 2.33. The fourth-order valence-corrected chi connectivity index (χ4v) is 5.16. The molecule has 3 rings (SSSR count). The molecule has 1 aliphatic heterocycles. The van der Waals surface area contributed by atoms with Gasteiger partial charge in [-0.15, -0.1) is 0 Å². The van der Waals surface area contributed by atoms with Crippen molar-refractivity contribution in [3.05, 3.63) is 58.4 Å². The van der Waals surface area contributed by atoms with E-state index in [9.17, 15) is 22.9 Å². The summed E-state index contributed by atoms with van der Waals surface area (Å²) in [6.07, 6.45) is 0. The molecule has 0 N–H and O–H groups in total. The molecule has 0 unspecified atom stereocenters. The van der Waals surface area contributed by atoms with Crippen LogP contribution in [0.2, 0.25) is 0 Å². The zero-order valence-electron chi connectivity index (χ0n) is 17.0. The van der Waals surface area contributed by atoms with Crippen LogP contribution in [-0.4, -0.2) is 56.9 Å². The third-order valence-electron chi connectivity index (χ3n) is 5.30. The number of halogens is 1. The maximum absolute atomic E-state index is 14.0. The second-order valence-corrected chi connectivity index (χ2v) is 8.86. The lowest BCUT2D eigenvalue weighted by atomic mass is 10.2. The van der Waals surface area contributed by atoms with Crippen molar-refractivity contribution in [2.75, 3.05) is 49.1 Å². The molecule has 10 heteroatoms. The molecular formula is C20H25FN4O4S. The van der Waals surface area contributed by atoms with E-state index in [0.29, 0.717) is 37.6 Å². The molecule has 0 radical (unpaired) electrons. The fourth-order valence-electron chi connectivity index (χ4n) is 3.69. The van der Waals surface area contributed by atoms with Crippen LogP contribution in [0.25, 0.3) is 0 Å². The molecule has 1 saturated heterocycles. The van der Waals surface area contributed by atoms with Crippen molar-refractivity contribution in [2.45, 2.75) is 18.7 Å². The van der Waals surface area contributed by atoms with Crippen molar-refractivity contribution in [3.63, 3.8) is 0 Å². The van der Waals surface area contributed by atoms with Crippen molar-refractivity contribution in [3.8, 4) is 0 Å². The number of rotatable bonds is 7.